The molecular weight excluding hydrogens is 368 g/mol. The summed E-state index contributed by atoms with van der Waals surface area (Å²) in [4.78, 5) is 15.5. The zero-order chi connectivity index (χ0) is 19.6. The van der Waals surface area contributed by atoms with Crippen LogP contribution in [0.4, 0.5) is 0 Å². The van der Waals surface area contributed by atoms with Gasteiger partial charge in [0, 0.05) is 57.0 Å². The molecule has 1 saturated heterocycles. The van der Waals surface area contributed by atoms with Gasteiger partial charge in [0.05, 0.1) is 10.7 Å². The lowest BCUT2D eigenvalue weighted by atomic mass is 10.2. The molecule has 7 nitrogen and oxygen atoms in total. The van der Waals surface area contributed by atoms with Crippen molar-refractivity contribution in [2.75, 3.05) is 39.3 Å². The molecule has 1 amide bonds. The molecule has 1 fully saturated rings. The van der Waals surface area contributed by atoms with Crippen molar-refractivity contribution in [3.05, 3.63) is 34.5 Å². The van der Waals surface area contributed by atoms with Crippen LogP contribution in [0.3, 0.4) is 0 Å². The number of nitrogens with zero attached hydrogens (tertiary/aromatic N) is 4. The topological polar surface area (TPSA) is 70.8 Å². The van der Waals surface area contributed by atoms with Crippen molar-refractivity contribution >= 4 is 17.5 Å². The highest BCUT2D eigenvalue weighted by Crippen LogP contribution is 2.28. The molecule has 2 heterocycles. The number of halogens is 1. The summed E-state index contributed by atoms with van der Waals surface area (Å²) in [5.74, 6) is 0.744. The summed E-state index contributed by atoms with van der Waals surface area (Å²) in [6, 6.07) is 5.03. The van der Waals surface area contributed by atoms with Crippen molar-refractivity contribution in [1.29, 1.82) is 0 Å². The molecule has 1 aliphatic rings. The van der Waals surface area contributed by atoms with Crippen LogP contribution in [0.15, 0.2) is 18.2 Å². The number of amides is 1. The van der Waals surface area contributed by atoms with Crippen molar-refractivity contribution < 1.29 is 14.6 Å². The number of benzene rings is 1. The molecule has 1 aliphatic heterocycles. The number of hydrogen-bond donors (Lipinski definition) is 1. The second-order valence-corrected chi connectivity index (χ2v) is 7.17. The minimum atomic E-state index is 0.0221. The van der Waals surface area contributed by atoms with Crippen LogP contribution in [-0.4, -0.2) is 69.9 Å². The number of piperazine rings is 1. The molecule has 1 aromatic heterocycles. The Balaban J connectivity index is 1.60. The number of phenolic OH excluding ortho intramolecular Hbond substituents is 1. The van der Waals surface area contributed by atoms with Gasteiger partial charge in [-0.2, -0.15) is 0 Å². The highest BCUT2D eigenvalue weighted by molar-refractivity contribution is 6.32. The number of phenols is 1. The fourth-order valence-electron chi connectivity index (χ4n) is 3.13. The van der Waals surface area contributed by atoms with Crippen LogP contribution in [0.5, 0.6) is 11.6 Å². The zero-order valence-corrected chi connectivity index (χ0v) is 16.7. The van der Waals surface area contributed by atoms with Crippen LogP contribution in [0.2, 0.25) is 5.02 Å². The van der Waals surface area contributed by atoms with Gasteiger partial charge < -0.3 is 14.7 Å². The summed E-state index contributed by atoms with van der Waals surface area (Å²) in [5.41, 5.74) is 2.64. The third-order valence-electron chi connectivity index (χ3n) is 5.01. The van der Waals surface area contributed by atoms with Crippen molar-refractivity contribution in [3.8, 4) is 17.3 Å². The first-order valence-corrected chi connectivity index (χ1v) is 9.40. The highest BCUT2D eigenvalue weighted by Gasteiger charge is 2.19. The Hall–Kier alpha value is -2.25. The number of ether oxygens (including phenoxy) is 1. The van der Waals surface area contributed by atoms with Gasteiger partial charge in [-0.15, -0.1) is 5.10 Å². The maximum absolute atomic E-state index is 11.4. The average Bonchev–Trinajstić information content (AvgIpc) is 2.93. The molecule has 0 bridgehead atoms. The third-order valence-corrected chi connectivity index (χ3v) is 5.33. The average molecular weight is 393 g/mol. The number of aromatic hydroxyl groups is 1. The maximum Gasteiger partial charge on any atom is 0.236 e. The van der Waals surface area contributed by atoms with Crippen LogP contribution in [-0.2, 0) is 4.79 Å². The van der Waals surface area contributed by atoms with E-state index in [4.69, 9.17) is 16.3 Å². The Morgan fingerprint density at radius 2 is 1.96 bits per heavy atom. The number of carbonyl (C=O) groups excluding carboxylic acids is 1. The van der Waals surface area contributed by atoms with Crippen LogP contribution in [0, 0.1) is 13.8 Å². The Kier molecular flexibility index (Phi) is 5.92. The summed E-state index contributed by atoms with van der Waals surface area (Å²) in [7, 11) is 0. The highest BCUT2D eigenvalue weighted by atomic mass is 35.5. The summed E-state index contributed by atoms with van der Waals surface area (Å²) in [6.07, 6.45) is 0. The minimum Gasteiger partial charge on any atom is -0.506 e. The standard InChI is InChI=1S/C19H25ClN4O3/c1-13-14(2)24(16-4-5-17(20)18(26)12-16)21-19(13)27-11-10-22-6-8-23(9-7-22)15(3)25/h4-5,12,26H,6-11H2,1-3H3. The number of aromatic nitrogens is 2. The fourth-order valence-corrected chi connectivity index (χ4v) is 3.25. The van der Waals surface area contributed by atoms with E-state index in [2.05, 4.69) is 10.00 Å². The predicted octanol–water partition coefficient (Wildman–Crippen LogP) is 2.39. The SMILES string of the molecule is CC(=O)N1CCN(CCOc2nn(-c3ccc(Cl)c(O)c3)c(C)c2C)CC1. The van der Waals surface area contributed by atoms with Gasteiger partial charge in [0.25, 0.3) is 0 Å². The van der Waals surface area contributed by atoms with E-state index in [1.165, 1.54) is 0 Å². The Morgan fingerprint density at radius 1 is 1.26 bits per heavy atom. The van der Waals surface area contributed by atoms with E-state index in [0.29, 0.717) is 17.5 Å². The number of hydrogen-bond acceptors (Lipinski definition) is 5. The number of carbonyl (C=O) groups is 1. The van der Waals surface area contributed by atoms with Gasteiger partial charge in [-0.25, -0.2) is 4.68 Å². The molecule has 8 heteroatoms. The lowest BCUT2D eigenvalue weighted by molar-refractivity contribution is -0.130. The lowest BCUT2D eigenvalue weighted by Crippen LogP contribution is -2.48. The third kappa shape index (κ3) is 4.36. The summed E-state index contributed by atoms with van der Waals surface area (Å²) in [5, 5.41) is 14.7. The quantitative estimate of drug-likeness (QED) is 0.846. The number of rotatable bonds is 5. The van der Waals surface area contributed by atoms with E-state index < -0.39 is 0 Å². The Labute approximate surface area is 164 Å². The smallest absolute Gasteiger partial charge is 0.236 e. The maximum atomic E-state index is 11.4. The molecule has 1 N–H and O–H groups in total. The van der Waals surface area contributed by atoms with Gasteiger partial charge in [0.1, 0.15) is 12.4 Å². The summed E-state index contributed by atoms with van der Waals surface area (Å²) in [6.45, 7) is 10.1. The predicted molar refractivity (Wildman–Crippen MR) is 104 cm³/mol. The van der Waals surface area contributed by atoms with E-state index in [9.17, 15) is 9.90 Å². The summed E-state index contributed by atoms with van der Waals surface area (Å²) < 4.78 is 7.65. The van der Waals surface area contributed by atoms with E-state index in [1.807, 2.05) is 18.7 Å². The van der Waals surface area contributed by atoms with Gasteiger partial charge in [0.15, 0.2) is 0 Å². The van der Waals surface area contributed by atoms with Gasteiger partial charge in [-0.3, -0.25) is 9.69 Å². The Morgan fingerprint density at radius 3 is 2.59 bits per heavy atom. The van der Waals surface area contributed by atoms with Crippen LogP contribution < -0.4 is 4.74 Å². The second-order valence-electron chi connectivity index (χ2n) is 6.76. The van der Waals surface area contributed by atoms with Gasteiger partial charge in [0.2, 0.25) is 11.8 Å². The van der Waals surface area contributed by atoms with Gasteiger partial charge in [-0.05, 0) is 26.0 Å². The second kappa shape index (κ2) is 8.19. The Bertz CT molecular complexity index is 829. The molecule has 0 radical (unpaired) electrons. The molecule has 0 atom stereocenters. The minimum absolute atomic E-state index is 0.0221. The molecule has 0 saturated carbocycles. The van der Waals surface area contributed by atoms with Crippen molar-refractivity contribution in [2.24, 2.45) is 0 Å². The first-order valence-electron chi connectivity index (χ1n) is 9.02. The van der Waals surface area contributed by atoms with Crippen molar-refractivity contribution in [3.63, 3.8) is 0 Å². The normalized spacial score (nSPS) is 15.2. The molecule has 1 aromatic carbocycles. The molecule has 0 unspecified atom stereocenters. The zero-order valence-electron chi connectivity index (χ0n) is 15.9. The van der Waals surface area contributed by atoms with Gasteiger partial charge >= 0.3 is 0 Å². The molecule has 3 rings (SSSR count). The van der Waals surface area contributed by atoms with Gasteiger partial charge in [-0.1, -0.05) is 11.6 Å². The van der Waals surface area contributed by atoms with Crippen molar-refractivity contribution in [1.82, 2.24) is 19.6 Å². The van der Waals surface area contributed by atoms with Crippen LogP contribution >= 0.6 is 11.6 Å². The van der Waals surface area contributed by atoms with Crippen molar-refractivity contribution in [2.45, 2.75) is 20.8 Å². The van der Waals surface area contributed by atoms with E-state index in [-0.39, 0.29) is 11.7 Å². The summed E-state index contributed by atoms with van der Waals surface area (Å²) >= 11 is 5.88. The largest absolute Gasteiger partial charge is 0.506 e. The van der Waals surface area contributed by atoms with E-state index >= 15 is 0 Å². The van der Waals surface area contributed by atoms with E-state index in [1.54, 1.807) is 29.8 Å². The van der Waals surface area contributed by atoms with E-state index in [0.717, 1.165) is 49.7 Å². The van der Waals surface area contributed by atoms with Crippen LogP contribution in [0.25, 0.3) is 5.69 Å². The molecule has 146 valence electrons. The first-order chi connectivity index (χ1) is 12.9. The molecule has 0 aliphatic carbocycles. The monoisotopic (exact) mass is 392 g/mol. The molecule has 2 aromatic rings. The first kappa shape index (κ1) is 19.5. The lowest BCUT2D eigenvalue weighted by Gasteiger charge is -2.33. The molecule has 27 heavy (non-hydrogen) atoms. The molecule has 0 spiro atoms. The molecular formula is C19H25ClN4O3. The van der Waals surface area contributed by atoms with Crippen LogP contribution in [0.1, 0.15) is 18.2 Å². The fraction of sp³-hybridized carbons (Fsp3) is 0.474.